The van der Waals surface area contributed by atoms with Gasteiger partial charge in [0.25, 0.3) is 0 Å². The first kappa shape index (κ1) is 62.3. The molecule has 20 aromatic rings. The molecule has 2 aliphatic carbocycles. The zero-order valence-corrected chi connectivity index (χ0v) is 62.0. The molecular weight excluding hydrogens is 1390 g/mol. The first-order chi connectivity index (χ1) is 54.4. The minimum atomic E-state index is -3.54. The largest absolute Gasteiger partial charge is 0.309 e. The van der Waals surface area contributed by atoms with Crippen molar-refractivity contribution < 1.29 is 4.57 Å². The highest BCUT2D eigenvalue weighted by atomic mass is 32.2. The van der Waals surface area contributed by atoms with Crippen LogP contribution in [-0.4, -0.2) is 9.13 Å². The van der Waals surface area contributed by atoms with Gasteiger partial charge in [0.2, 0.25) is 0 Å². The van der Waals surface area contributed by atoms with Gasteiger partial charge in [0.1, 0.15) is 0 Å². The minimum Gasteiger partial charge on any atom is -0.309 e. The number of hydrogen-bond donors (Lipinski definition) is 0. The molecule has 2 aromatic heterocycles. The molecule has 0 saturated heterocycles. The second kappa shape index (κ2) is 23.4. The van der Waals surface area contributed by atoms with Crippen LogP contribution in [0.3, 0.4) is 0 Å². The zero-order valence-electron chi connectivity index (χ0n) is 59.4. The topological polar surface area (TPSA) is 26.9 Å². The average molecular weight is 1450 g/mol. The molecule has 2 unspecified atom stereocenters. The van der Waals surface area contributed by atoms with E-state index in [0.717, 1.165) is 43.9 Å². The maximum absolute atomic E-state index is 17.1. The van der Waals surface area contributed by atoms with Gasteiger partial charge in [0.15, 0.2) is 7.14 Å². The molecule has 4 heterocycles. The fraction of sp³-hybridized carbons (Fsp3) is 0.0192. The second-order valence-electron chi connectivity index (χ2n) is 29.9. The van der Waals surface area contributed by atoms with Gasteiger partial charge in [-0.2, -0.15) is 0 Å². The fourth-order valence-electron chi connectivity index (χ4n) is 20.1. The molecule has 2 aliphatic heterocycles. The molecule has 512 valence electrons. The van der Waals surface area contributed by atoms with E-state index < -0.39 is 18.0 Å². The van der Waals surface area contributed by atoms with Crippen LogP contribution in [0.5, 0.6) is 0 Å². The molecule has 0 fully saturated rings. The quantitative estimate of drug-likeness (QED) is 0.149. The van der Waals surface area contributed by atoms with Gasteiger partial charge in [-0.15, -0.1) is 0 Å². The van der Waals surface area contributed by atoms with Crippen molar-refractivity contribution in [2.24, 2.45) is 0 Å². The summed E-state index contributed by atoms with van der Waals surface area (Å²) in [5.41, 5.74) is 25.5. The van der Waals surface area contributed by atoms with Crippen LogP contribution in [0.15, 0.2) is 402 Å². The van der Waals surface area contributed by atoms with Crippen LogP contribution in [0, 0.1) is 0 Å². The van der Waals surface area contributed by atoms with Crippen LogP contribution < -0.4 is 15.9 Å². The monoisotopic (exact) mass is 1450 g/mol. The maximum Gasteiger partial charge on any atom is 0.171 e. The standard InChI is InChI=1S/C104H63N2OPS2/c107-108(73-25-2-1-3-26-73,75-55-51-72(52-56-75)106-98-78-28-9-7-23-67(78)48-58-82(98)83-59-61-92-101(99(83)106)109-94-39-18-16-36-89(94)103(92)86-33-13-10-29-79(86)80-30-11-14-34-87(80)103)74-53-45-68(46-54-74)76-32-20-38-91-96(76)85-31-12-15-35-88(85)104(91)90-37-17-19-40-95(90)110-102-93(104)62-60-84-81-57-47-66-22-6-8-27-77(66)97(81)105(100(84)102)71-49-43-65(44-50-71)70-42-41-64-21-4-5-24-69(64)63-70/h1-63H. The van der Waals surface area contributed by atoms with Crippen molar-refractivity contribution in [2.75, 3.05) is 0 Å². The first-order valence-electron chi connectivity index (χ1n) is 37.9. The van der Waals surface area contributed by atoms with Crippen LogP contribution in [-0.2, 0) is 15.4 Å². The molecule has 0 N–H and O–H groups in total. The maximum atomic E-state index is 17.1. The van der Waals surface area contributed by atoms with E-state index in [1.165, 1.54) is 168 Å². The SMILES string of the molecule is O=P(c1ccccc1)(c1ccc(-c2cccc3c2-c2ccccc2C32c3ccccc3Sc3c2ccc2c4ccc5ccccc5c4n(-c4ccc(-c5ccc6ccccc6c5)cc4)c32)cc1)c1ccc(-n2c3c4c(ccc3c3ccc5ccccc5c32)C2(c3ccccc3S4)c3ccccc3-c3ccccc32)cc1. The third kappa shape index (κ3) is 8.36. The molecule has 0 bridgehead atoms. The van der Waals surface area contributed by atoms with E-state index in [0.29, 0.717) is 0 Å². The van der Waals surface area contributed by atoms with Gasteiger partial charge >= 0.3 is 0 Å². The van der Waals surface area contributed by atoms with Crippen LogP contribution >= 0.6 is 30.7 Å². The molecule has 2 spiro atoms. The van der Waals surface area contributed by atoms with Gasteiger partial charge in [-0.05, 0) is 165 Å². The van der Waals surface area contributed by atoms with E-state index in [-0.39, 0.29) is 0 Å². The van der Waals surface area contributed by atoms with E-state index in [1.54, 1.807) is 0 Å². The Morgan fingerprint density at radius 1 is 0.236 bits per heavy atom. The number of benzene rings is 18. The highest BCUT2D eigenvalue weighted by molar-refractivity contribution is 8.00. The zero-order chi connectivity index (χ0) is 72.1. The van der Waals surface area contributed by atoms with Gasteiger partial charge in [-0.25, -0.2) is 0 Å². The van der Waals surface area contributed by atoms with Crippen LogP contribution in [0.1, 0.15) is 44.5 Å². The number of fused-ring (bicyclic) bond motifs is 31. The summed E-state index contributed by atoms with van der Waals surface area (Å²) < 4.78 is 22.2. The van der Waals surface area contributed by atoms with Crippen LogP contribution in [0.25, 0.3) is 132 Å². The second-order valence-corrected chi connectivity index (χ2v) is 34.8. The predicted molar refractivity (Wildman–Crippen MR) is 461 cm³/mol. The Kier molecular flexibility index (Phi) is 13.3. The van der Waals surface area contributed by atoms with Crippen molar-refractivity contribution in [3.05, 3.63) is 427 Å². The van der Waals surface area contributed by atoms with Gasteiger partial charge in [0.05, 0.1) is 32.9 Å². The number of hydrogen-bond acceptors (Lipinski definition) is 3. The molecule has 110 heavy (non-hydrogen) atoms. The van der Waals surface area contributed by atoms with Gasteiger partial charge < -0.3 is 13.7 Å². The lowest BCUT2D eigenvalue weighted by Crippen LogP contribution is -2.32. The molecule has 0 amide bonds. The molecule has 2 atom stereocenters. The summed E-state index contributed by atoms with van der Waals surface area (Å²) >= 11 is 3.80. The Balaban J connectivity index is 0.660. The molecule has 18 aromatic carbocycles. The summed E-state index contributed by atoms with van der Waals surface area (Å²) in [4.78, 5) is 4.99. The summed E-state index contributed by atoms with van der Waals surface area (Å²) in [6.07, 6.45) is 0. The smallest absolute Gasteiger partial charge is 0.171 e. The average Bonchev–Trinajstić information content (AvgIpc) is 1.50. The lowest BCUT2D eigenvalue weighted by molar-refractivity contribution is 0.592. The molecule has 24 rings (SSSR count). The Hall–Kier alpha value is -12.7. The highest BCUT2D eigenvalue weighted by Gasteiger charge is 2.53. The van der Waals surface area contributed by atoms with E-state index in [4.69, 9.17) is 0 Å². The third-order valence-electron chi connectivity index (χ3n) is 24.7. The lowest BCUT2D eigenvalue weighted by Gasteiger charge is -2.40. The van der Waals surface area contributed by atoms with Gasteiger partial charge in [0, 0.05) is 79.2 Å². The summed E-state index contributed by atoms with van der Waals surface area (Å²) in [6.45, 7) is 0. The first-order valence-corrected chi connectivity index (χ1v) is 41.2. The summed E-state index contributed by atoms with van der Waals surface area (Å²) in [6, 6.07) is 142. The van der Waals surface area contributed by atoms with Gasteiger partial charge in [-0.1, -0.05) is 351 Å². The van der Waals surface area contributed by atoms with Crippen LogP contribution in [0.2, 0.25) is 0 Å². The third-order valence-corrected chi connectivity index (χ3v) is 30.2. The molecule has 0 radical (unpaired) electrons. The number of aromatic nitrogens is 2. The Bertz CT molecular complexity index is 7390. The lowest BCUT2D eigenvalue weighted by atomic mass is 9.67. The van der Waals surface area contributed by atoms with E-state index >= 15 is 4.57 Å². The van der Waals surface area contributed by atoms with Crippen molar-refractivity contribution >= 4 is 123 Å². The Labute approximate surface area is 644 Å². The van der Waals surface area contributed by atoms with Crippen molar-refractivity contribution in [1.82, 2.24) is 9.13 Å². The minimum absolute atomic E-state index is 0.548. The highest BCUT2D eigenvalue weighted by Crippen LogP contribution is 2.67. The number of nitrogens with zero attached hydrogens (tertiary/aromatic N) is 2. The molecule has 4 aliphatic rings. The predicted octanol–water partition coefficient (Wildman–Crippen LogP) is 26.0. The summed E-state index contributed by atoms with van der Waals surface area (Å²) in [5, 5.41) is 14.5. The van der Waals surface area contributed by atoms with Gasteiger partial charge in [-0.3, -0.25) is 0 Å². The summed E-state index contributed by atoms with van der Waals surface area (Å²) in [5.74, 6) is 0. The Morgan fingerprint density at radius 2 is 0.618 bits per heavy atom. The van der Waals surface area contributed by atoms with Crippen molar-refractivity contribution in [1.29, 1.82) is 0 Å². The van der Waals surface area contributed by atoms with Crippen molar-refractivity contribution in [3.8, 4) is 55.9 Å². The van der Waals surface area contributed by atoms with Crippen molar-refractivity contribution in [2.45, 2.75) is 30.4 Å². The molecule has 6 heteroatoms. The van der Waals surface area contributed by atoms with E-state index in [9.17, 15) is 0 Å². The fourth-order valence-corrected chi connectivity index (χ4v) is 25.4. The summed E-state index contributed by atoms with van der Waals surface area (Å²) in [7, 11) is -3.54. The van der Waals surface area contributed by atoms with Crippen LogP contribution in [0.4, 0.5) is 0 Å². The van der Waals surface area contributed by atoms with E-state index in [2.05, 4.69) is 373 Å². The molecule has 3 nitrogen and oxygen atoms in total. The number of rotatable bonds is 7. The molecular formula is C104H63N2OPS2. The van der Waals surface area contributed by atoms with Crippen molar-refractivity contribution in [3.63, 3.8) is 0 Å². The van der Waals surface area contributed by atoms with E-state index in [1.807, 2.05) is 41.7 Å². The normalized spacial score (nSPS) is 15.2. The Morgan fingerprint density at radius 3 is 1.19 bits per heavy atom. The molecule has 0 saturated carbocycles.